The van der Waals surface area contributed by atoms with E-state index >= 15 is 0 Å². The van der Waals surface area contributed by atoms with E-state index in [0.717, 1.165) is 0 Å². The van der Waals surface area contributed by atoms with Crippen LogP contribution in [0.15, 0.2) is 0 Å². The van der Waals surface area contributed by atoms with Crippen molar-refractivity contribution in [3.8, 4) is 0 Å². The second kappa shape index (κ2) is 24.0. The summed E-state index contributed by atoms with van der Waals surface area (Å²) in [6.07, 6.45) is 0. The topological polar surface area (TPSA) is 17.1 Å². The summed E-state index contributed by atoms with van der Waals surface area (Å²) in [5.74, 6) is 0. The Balaban J connectivity index is -0.00000000500. The van der Waals surface area contributed by atoms with E-state index in [1.807, 2.05) is 0 Å². The molecule has 0 aliphatic rings. The average molecular weight is 241 g/mol. The van der Waals surface area contributed by atoms with Crippen LogP contribution in [-0.2, 0) is 58.4 Å². The predicted octanol–water partition coefficient (Wildman–Crippen LogP) is -0.126. The Morgan fingerprint density at radius 3 is 1.25 bits per heavy atom. The molecule has 36 valence electrons. The van der Waals surface area contributed by atoms with Crippen molar-refractivity contribution in [3.63, 3.8) is 0 Å². The molecule has 0 aromatic rings. The Morgan fingerprint density at radius 1 is 1.25 bits per heavy atom. The van der Waals surface area contributed by atoms with Gasteiger partial charge in [0.2, 0.25) is 0 Å². The van der Waals surface area contributed by atoms with Gasteiger partial charge in [-0.2, -0.15) is 0 Å². The average Bonchev–Trinajstić information content (AvgIpc) is 1.00. The van der Waals surface area contributed by atoms with Crippen LogP contribution >= 0.6 is 0 Å². The Bertz CT molecular complexity index is 8.00. The Morgan fingerprint density at radius 2 is 1.25 bits per heavy atom. The third kappa shape index (κ3) is 9.63. The molecule has 0 aromatic heterocycles. The van der Waals surface area contributed by atoms with Crippen molar-refractivity contribution in [2.75, 3.05) is 0 Å². The van der Waals surface area contributed by atoms with Crippen LogP contribution < -0.4 is 0 Å². The van der Waals surface area contributed by atoms with Crippen molar-refractivity contribution in [1.82, 2.24) is 0 Å². The minimum absolute atomic E-state index is 0. The Kier molecular flexibility index (Phi) is 106. The van der Waals surface area contributed by atoms with Gasteiger partial charge in [0.15, 0.2) is 0 Å². The van der Waals surface area contributed by atoms with Crippen LogP contribution in [0.25, 0.3) is 0 Å². The first-order valence-corrected chi connectivity index (χ1v) is 0.532. The first kappa shape index (κ1) is 17.7. The molecular formula is AgCoNiO. The molecule has 0 atom stereocenters. The van der Waals surface area contributed by atoms with Crippen LogP contribution in [0.3, 0.4) is 0 Å². The van der Waals surface area contributed by atoms with Gasteiger partial charge in [0.25, 0.3) is 0 Å². The minimum atomic E-state index is 0. The second-order valence-corrected chi connectivity index (χ2v) is 0. The van der Waals surface area contributed by atoms with E-state index in [4.69, 9.17) is 3.90 Å². The molecule has 0 saturated heterocycles. The fourth-order valence-electron chi connectivity index (χ4n) is 0. The standard InChI is InChI=1S/Ag.Co.Ni.O. The molecule has 0 rings (SSSR count). The molecule has 0 fully saturated rings. The van der Waals surface area contributed by atoms with Crippen LogP contribution in [-0.4, -0.2) is 0 Å². The van der Waals surface area contributed by atoms with Crippen molar-refractivity contribution < 1.29 is 58.4 Å². The summed E-state index contributed by atoms with van der Waals surface area (Å²) in [4.78, 5) is 0. The van der Waals surface area contributed by atoms with Crippen molar-refractivity contribution in [1.29, 1.82) is 0 Å². The zero-order chi connectivity index (χ0) is 2.00. The van der Waals surface area contributed by atoms with Gasteiger partial charge in [0, 0.05) is 39.2 Å². The summed E-state index contributed by atoms with van der Waals surface area (Å²) < 4.78 is 7.88. The van der Waals surface area contributed by atoms with Gasteiger partial charge in [0.05, 0.1) is 0 Å². The maximum atomic E-state index is 7.88. The zero-order valence-corrected chi connectivity index (χ0v) is 4.87. The van der Waals surface area contributed by atoms with Gasteiger partial charge < -0.3 is 0 Å². The van der Waals surface area contributed by atoms with E-state index in [-0.39, 0.29) is 39.2 Å². The molecule has 4 heavy (non-hydrogen) atoms. The molecule has 0 aromatic carbocycles. The summed E-state index contributed by atoms with van der Waals surface area (Å²) in [5, 5.41) is 0. The molecule has 0 unspecified atom stereocenters. The molecular weight excluding hydrogens is 241 g/mol. The number of hydrogen-bond acceptors (Lipinski definition) is 1. The van der Waals surface area contributed by atoms with E-state index in [1.165, 1.54) is 0 Å². The van der Waals surface area contributed by atoms with Gasteiger partial charge in [-0.1, -0.05) is 0 Å². The molecule has 2 radical (unpaired) electrons. The van der Waals surface area contributed by atoms with Gasteiger partial charge in [-0.05, 0) is 0 Å². The molecule has 0 amide bonds. The van der Waals surface area contributed by atoms with E-state index in [1.54, 1.807) is 0 Å². The van der Waals surface area contributed by atoms with E-state index in [2.05, 4.69) is 15.4 Å². The van der Waals surface area contributed by atoms with E-state index < -0.39 is 0 Å². The van der Waals surface area contributed by atoms with Crippen LogP contribution in [0.4, 0.5) is 0 Å². The van der Waals surface area contributed by atoms with E-state index in [0.29, 0.717) is 0 Å². The maximum absolute atomic E-state index is 7.88. The summed E-state index contributed by atoms with van der Waals surface area (Å²) in [6, 6.07) is 0. The predicted molar refractivity (Wildman–Crippen MR) is 0.686 cm³/mol. The number of hydrogen-bond donors (Lipinski definition) is 0. The van der Waals surface area contributed by atoms with Gasteiger partial charge in [-0.25, -0.2) is 0 Å². The quantitative estimate of drug-likeness (QED) is 0.540. The summed E-state index contributed by atoms with van der Waals surface area (Å²) in [6.45, 7) is 0. The molecule has 0 aliphatic heterocycles. The summed E-state index contributed by atoms with van der Waals surface area (Å²) in [7, 11) is 0. The molecule has 0 N–H and O–H groups in total. The van der Waals surface area contributed by atoms with Gasteiger partial charge in [-0.15, -0.1) is 0 Å². The van der Waals surface area contributed by atoms with Crippen LogP contribution in [0, 0.1) is 0 Å². The van der Waals surface area contributed by atoms with Gasteiger partial charge >= 0.3 is 19.3 Å². The van der Waals surface area contributed by atoms with Crippen LogP contribution in [0.2, 0.25) is 0 Å². The second-order valence-electron chi connectivity index (χ2n) is 0. The van der Waals surface area contributed by atoms with Crippen LogP contribution in [0.1, 0.15) is 0 Å². The molecule has 0 saturated carbocycles. The van der Waals surface area contributed by atoms with Crippen LogP contribution in [0.5, 0.6) is 0 Å². The number of rotatable bonds is 0. The fraction of sp³-hybridized carbons (Fsp3) is 0. The third-order valence-corrected chi connectivity index (χ3v) is 0. The molecule has 4 heteroatoms. The first-order valence-electron chi connectivity index (χ1n) is 0.129. The fourth-order valence-corrected chi connectivity index (χ4v) is 0. The molecule has 1 nitrogen and oxygen atoms in total. The summed E-state index contributed by atoms with van der Waals surface area (Å²) in [5.41, 5.74) is 0. The van der Waals surface area contributed by atoms with E-state index in [9.17, 15) is 0 Å². The zero-order valence-electron chi connectivity index (χ0n) is 1.36. The third-order valence-electron chi connectivity index (χ3n) is 0. The molecule has 0 bridgehead atoms. The van der Waals surface area contributed by atoms with Gasteiger partial charge in [-0.3, -0.25) is 0 Å². The van der Waals surface area contributed by atoms with Crippen molar-refractivity contribution in [2.45, 2.75) is 0 Å². The molecule has 0 heterocycles. The van der Waals surface area contributed by atoms with Crippen molar-refractivity contribution in [3.05, 3.63) is 0 Å². The monoisotopic (exact) mass is 240 g/mol. The molecule has 0 spiro atoms. The summed E-state index contributed by atoms with van der Waals surface area (Å²) >= 11 is 2.62. The first-order chi connectivity index (χ1) is 1.00. The van der Waals surface area contributed by atoms with Gasteiger partial charge in [0.1, 0.15) is 0 Å². The molecule has 0 aliphatic carbocycles. The Labute approximate surface area is 58.2 Å². The SMILES string of the molecule is [Ag].[Co].[O]=[Ni]. The normalized spacial score (nSPS) is 1.50. The van der Waals surface area contributed by atoms with Crippen molar-refractivity contribution in [2.24, 2.45) is 0 Å². The Hall–Kier alpha value is 1.54. The van der Waals surface area contributed by atoms with Crippen molar-refractivity contribution >= 4 is 0 Å².